The smallest absolute Gasteiger partial charge is 0.252 e. The zero-order chi connectivity index (χ0) is 20.8. The topological polar surface area (TPSA) is 88.2 Å². The molecule has 0 saturated heterocycles. The first-order valence-corrected chi connectivity index (χ1v) is 10.0. The zero-order valence-electron chi connectivity index (χ0n) is 15.6. The van der Waals surface area contributed by atoms with Gasteiger partial charge in [-0.2, -0.15) is 0 Å². The van der Waals surface area contributed by atoms with Crippen molar-refractivity contribution in [3.8, 4) is 11.3 Å². The van der Waals surface area contributed by atoms with Crippen LogP contribution in [0.2, 0.25) is 5.02 Å². The van der Waals surface area contributed by atoms with Gasteiger partial charge < -0.3 is 10.6 Å². The van der Waals surface area contributed by atoms with Crippen LogP contribution in [0, 0.1) is 0 Å². The summed E-state index contributed by atoms with van der Waals surface area (Å²) >= 11 is 7.12. The standard InChI is InChI=1S/C21H18ClN3O3S/c1-13(26)19-18(14-7-3-2-4-8-14)25-21(29-19)24-17(27)11-12-23-20(28)15-9-5-6-10-16(15)22/h2-10H,11-12H2,1H3,(H,23,28)(H,24,25,27). The van der Waals surface area contributed by atoms with E-state index in [1.807, 2.05) is 30.3 Å². The molecule has 0 aliphatic rings. The number of carbonyl (C=O) groups excluding carboxylic acids is 3. The molecular weight excluding hydrogens is 410 g/mol. The number of rotatable bonds is 7. The van der Waals surface area contributed by atoms with Gasteiger partial charge in [-0.25, -0.2) is 4.98 Å². The first-order chi connectivity index (χ1) is 14.0. The molecule has 0 atom stereocenters. The molecule has 2 amide bonds. The average Bonchev–Trinajstić information content (AvgIpc) is 3.13. The molecule has 148 valence electrons. The van der Waals surface area contributed by atoms with Crippen LogP contribution in [0.1, 0.15) is 33.4 Å². The van der Waals surface area contributed by atoms with Gasteiger partial charge in [0.05, 0.1) is 21.2 Å². The summed E-state index contributed by atoms with van der Waals surface area (Å²) in [5.74, 6) is -0.773. The summed E-state index contributed by atoms with van der Waals surface area (Å²) in [6, 6.07) is 16.0. The predicted octanol–water partition coefficient (Wildman–Crippen LogP) is 4.42. The van der Waals surface area contributed by atoms with E-state index in [0.29, 0.717) is 26.3 Å². The number of amides is 2. The monoisotopic (exact) mass is 427 g/mol. The number of carbonyl (C=O) groups is 3. The van der Waals surface area contributed by atoms with Crippen LogP contribution >= 0.6 is 22.9 Å². The van der Waals surface area contributed by atoms with Gasteiger partial charge >= 0.3 is 0 Å². The first-order valence-electron chi connectivity index (χ1n) is 8.85. The predicted molar refractivity (Wildman–Crippen MR) is 115 cm³/mol. The zero-order valence-corrected chi connectivity index (χ0v) is 17.1. The maximum absolute atomic E-state index is 12.2. The number of hydrogen-bond donors (Lipinski definition) is 2. The highest BCUT2D eigenvalue weighted by atomic mass is 35.5. The number of anilines is 1. The fourth-order valence-electron chi connectivity index (χ4n) is 2.62. The summed E-state index contributed by atoms with van der Waals surface area (Å²) in [4.78, 5) is 41.2. The molecule has 2 aromatic carbocycles. The van der Waals surface area contributed by atoms with E-state index in [-0.39, 0.29) is 30.6 Å². The molecule has 1 heterocycles. The highest BCUT2D eigenvalue weighted by Gasteiger charge is 2.18. The number of nitrogens with zero attached hydrogens (tertiary/aromatic N) is 1. The van der Waals surface area contributed by atoms with E-state index in [2.05, 4.69) is 15.6 Å². The van der Waals surface area contributed by atoms with Crippen molar-refractivity contribution in [1.29, 1.82) is 0 Å². The Bertz CT molecular complexity index is 1050. The Kier molecular flexibility index (Phi) is 6.74. The van der Waals surface area contributed by atoms with Gasteiger partial charge in [0.2, 0.25) is 5.91 Å². The number of aromatic nitrogens is 1. The molecule has 3 rings (SSSR count). The second-order valence-corrected chi connectivity index (χ2v) is 7.56. The van der Waals surface area contributed by atoms with Crippen molar-refractivity contribution in [2.24, 2.45) is 0 Å². The van der Waals surface area contributed by atoms with E-state index in [0.717, 1.165) is 16.9 Å². The van der Waals surface area contributed by atoms with Crippen molar-refractivity contribution >= 4 is 45.7 Å². The summed E-state index contributed by atoms with van der Waals surface area (Å²) in [6.45, 7) is 1.61. The normalized spacial score (nSPS) is 10.4. The Morgan fingerprint density at radius 3 is 2.41 bits per heavy atom. The number of ketones is 1. The fraction of sp³-hybridized carbons (Fsp3) is 0.143. The summed E-state index contributed by atoms with van der Waals surface area (Å²) < 4.78 is 0. The van der Waals surface area contributed by atoms with Crippen LogP contribution < -0.4 is 10.6 Å². The minimum Gasteiger partial charge on any atom is -0.351 e. The van der Waals surface area contributed by atoms with Gasteiger partial charge in [0.25, 0.3) is 5.91 Å². The highest BCUT2D eigenvalue weighted by molar-refractivity contribution is 7.18. The molecule has 0 radical (unpaired) electrons. The first kappa shape index (κ1) is 20.7. The van der Waals surface area contributed by atoms with Gasteiger partial charge in [0.15, 0.2) is 10.9 Å². The van der Waals surface area contributed by atoms with Crippen LogP contribution in [-0.2, 0) is 4.79 Å². The van der Waals surface area contributed by atoms with Gasteiger partial charge in [-0.3, -0.25) is 14.4 Å². The van der Waals surface area contributed by atoms with E-state index < -0.39 is 0 Å². The van der Waals surface area contributed by atoms with E-state index in [1.165, 1.54) is 6.92 Å². The Morgan fingerprint density at radius 2 is 1.72 bits per heavy atom. The van der Waals surface area contributed by atoms with Crippen molar-refractivity contribution in [3.63, 3.8) is 0 Å². The number of halogens is 1. The van der Waals surface area contributed by atoms with Crippen LogP contribution in [-0.4, -0.2) is 29.1 Å². The Balaban J connectivity index is 1.60. The van der Waals surface area contributed by atoms with Crippen molar-refractivity contribution < 1.29 is 14.4 Å². The largest absolute Gasteiger partial charge is 0.351 e. The number of nitrogens with one attached hydrogen (secondary N) is 2. The third-order valence-electron chi connectivity index (χ3n) is 4.00. The molecule has 0 aliphatic heterocycles. The van der Waals surface area contributed by atoms with Gasteiger partial charge in [-0.15, -0.1) is 0 Å². The molecule has 0 fully saturated rings. The van der Waals surface area contributed by atoms with Gasteiger partial charge in [0, 0.05) is 25.5 Å². The SMILES string of the molecule is CC(=O)c1sc(NC(=O)CCNC(=O)c2ccccc2Cl)nc1-c1ccccc1. The van der Waals surface area contributed by atoms with E-state index in [1.54, 1.807) is 24.3 Å². The summed E-state index contributed by atoms with van der Waals surface area (Å²) in [5, 5.41) is 6.05. The lowest BCUT2D eigenvalue weighted by atomic mass is 10.1. The summed E-state index contributed by atoms with van der Waals surface area (Å²) in [7, 11) is 0. The fourth-order valence-corrected chi connectivity index (χ4v) is 3.74. The Hall–Kier alpha value is -3.03. The molecule has 6 nitrogen and oxygen atoms in total. The molecule has 0 bridgehead atoms. The van der Waals surface area contributed by atoms with Crippen LogP contribution in [0.15, 0.2) is 54.6 Å². The Labute approximate surface area is 176 Å². The third kappa shape index (κ3) is 5.28. The van der Waals surface area contributed by atoms with Crippen molar-refractivity contribution in [1.82, 2.24) is 10.3 Å². The summed E-state index contributed by atoms with van der Waals surface area (Å²) in [5.41, 5.74) is 1.71. The minimum absolute atomic E-state index is 0.0614. The molecule has 1 aromatic heterocycles. The molecule has 3 aromatic rings. The maximum Gasteiger partial charge on any atom is 0.252 e. The third-order valence-corrected chi connectivity index (χ3v) is 5.40. The average molecular weight is 428 g/mol. The second-order valence-electron chi connectivity index (χ2n) is 6.15. The quantitative estimate of drug-likeness (QED) is 0.546. The van der Waals surface area contributed by atoms with E-state index in [4.69, 9.17) is 11.6 Å². The molecule has 0 spiro atoms. The van der Waals surface area contributed by atoms with Crippen LogP contribution in [0.4, 0.5) is 5.13 Å². The lowest BCUT2D eigenvalue weighted by molar-refractivity contribution is -0.116. The summed E-state index contributed by atoms with van der Waals surface area (Å²) in [6.07, 6.45) is 0.0614. The molecule has 0 saturated carbocycles. The number of Topliss-reactive ketones (excluding diaryl/α,β-unsaturated/α-hetero) is 1. The van der Waals surface area contributed by atoms with Crippen molar-refractivity contribution in [2.75, 3.05) is 11.9 Å². The van der Waals surface area contributed by atoms with Crippen LogP contribution in [0.25, 0.3) is 11.3 Å². The minimum atomic E-state index is -0.345. The second kappa shape index (κ2) is 9.45. The van der Waals surface area contributed by atoms with Crippen LogP contribution in [0.3, 0.4) is 0 Å². The molecule has 2 N–H and O–H groups in total. The number of benzene rings is 2. The van der Waals surface area contributed by atoms with Gasteiger partial charge in [-0.1, -0.05) is 65.4 Å². The maximum atomic E-state index is 12.2. The molecule has 0 aliphatic carbocycles. The van der Waals surface area contributed by atoms with E-state index >= 15 is 0 Å². The van der Waals surface area contributed by atoms with Crippen LogP contribution in [0.5, 0.6) is 0 Å². The molecule has 0 unspecified atom stereocenters. The number of hydrogen-bond acceptors (Lipinski definition) is 5. The lowest BCUT2D eigenvalue weighted by Crippen LogP contribution is -2.27. The van der Waals surface area contributed by atoms with E-state index in [9.17, 15) is 14.4 Å². The molecule has 29 heavy (non-hydrogen) atoms. The van der Waals surface area contributed by atoms with Crippen molar-refractivity contribution in [3.05, 3.63) is 70.1 Å². The lowest BCUT2D eigenvalue weighted by Gasteiger charge is -2.06. The van der Waals surface area contributed by atoms with Crippen molar-refractivity contribution in [2.45, 2.75) is 13.3 Å². The highest BCUT2D eigenvalue weighted by Crippen LogP contribution is 2.31. The van der Waals surface area contributed by atoms with Gasteiger partial charge in [-0.05, 0) is 12.1 Å². The molecule has 8 heteroatoms. The Morgan fingerprint density at radius 1 is 1.03 bits per heavy atom. The van der Waals surface area contributed by atoms with Gasteiger partial charge in [0.1, 0.15) is 0 Å². The number of thiazole rings is 1. The molecular formula is C21H18ClN3O3S.